The van der Waals surface area contributed by atoms with Gasteiger partial charge < -0.3 is 0 Å². The summed E-state index contributed by atoms with van der Waals surface area (Å²) in [6.07, 6.45) is 4.52. The average Bonchev–Trinajstić information content (AvgIpc) is 1.87. The Morgan fingerprint density at radius 3 is 1.91 bits per heavy atom. The minimum absolute atomic E-state index is 1.12. The van der Waals surface area contributed by atoms with E-state index >= 15 is 0 Å². The van der Waals surface area contributed by atoms with Gasteiger partial charge in [0.1, 0.15) is 0 Å². The second-order valence-corrected chi connectivity index (χ2v) is 2.97. The van der Waals surface area contributed by atoms with Crippen LogP contribution in [0.25, 0.3) is 0 Å². The first kappa shape index (κ1) is 10.2. The molecule has 0 heterocycles. The second-order valence-electron chi connectivity index (χ2n) is 2.97. The van der Waals surface area contributed by atoms with E-state index in [0.29, 0.717) is 0 Å². The molecule has 0 heteroatoms. The fraction of sp³-hybridized carbons (Fsp3) is 0.455. The summed E-state index contributed by atoms with van der Waals surface area (Å²) in [6.45, 7) is 14.0. The van der Waals surface area contributed by atoms with Gasteiger partial charge in [0.05, 0.1) is 0 Å². The predicted molar refractivity (Wildman–Crippen MR) is 52.6 cm³/mol. The SMILES string of the molecule is C=C(C)C(=CCCC)C(=C)C. The molecular weight excluding hydrogens is 132 g/mol. The molecule has 0 rings (SSSR count). The van der Waals surface area contributed by atoms with Crippen LogP contribution in [0.1, 0.15) is 33.6 Å². The normalized spacial score (nSPS) is 9.00. The summed E-state index contributed by atoms with van der Waals surface area (Å²) in [7, 11) is 0. The van der Waals surface area contributed by atoms with E-state index in [1.54, 1.807) is 0 Å². The van der Waals surface area contributed by atoms with E-state index in [1.165, 1.54) is 12.0 Å². The molecule has 0 spiro atoms. The Balaban J connectivity index is 4.33. The van der Waals surface area contributed by atoms with Crippen molar-refractivity contribution in [2.45, 2.75) is 33.6 Å². The lowest BCUT2D eigenvalue weighted by Gasteiger charge is -2.04. The van der Waals surface area contributed by atoms with Crippen molar-refractivity contribution in [3.8, 4) is 0 Å². The van der Waals surface area contributed by atoms with Gasteiger partial charge in [0.25, 0.3) is 0 Å². The Kier molecular flexibility index (Phi) is 4.60. The third-order valence-electron chi connectivity index (χ3n) is 1.56. The van der Waals surface area contributed by atoms with E-state index in [-0.39, 0.29) is 0 Å². The Labute approximate surface area is 70.3 Å². The molecule has 62 valence electrons. The molecule has 0 amide bonds. The third-order valence-corrected chi connectivity index (χ3v) is 1.56. The summed E-state index contributed by atoms with van der Waals surface area (Å²) in [4.78, 5) is 0. The van der Waals surface area contributed by atoms with E-state index < -0.39 is 0 Å². The highest BCUT2D eigenvalue weighted by Crippen LogP contribution is 2.16. The molecule has 0 atom stereocenters. The number of hydrogen-bond acceptors (Lipinski definition) is 0. The van der Waals surface area contributed by atoms with Gasteiger partial charge in [-0.1, -0.05) is 43.7 Å². The summed E-state index contributed by atoms with van der Waals surface area (Å²) in [5, 5.41) is 0. The number of allylic oxidation sites excluding steroid dienone is 4. The van der Waals surface area contributed by atoms with Gasteiger partial charge in [0.15, 0.2) is 0 Å². The molecule has 0 fully saturated rings. The van der Waals surface area contributed by atoms with E-state index in [2.05, 4.69) is 26.2 Å². The Bertz CT molecular complexity index is 166. The van der Waals surface area contributed by atoms with E-state index in [1.807, 2.05) is 13.8 Å². The van der Waals surface area contributed by atoms with Gasteiger partial charge >= 0.3 is 0 Å². The van der Waals surface area contributed by atoms with Gasteiger partial charge in [0, 0.05) is 0 Å². The highest BCUT2D eigenvalue weighted by Gasteiger charge is 1.96. The maximum absolute atomic E-state index is 3.90. The fourth-order valence-electron chi connectivity index (χ4n) is 1.00. The van der Waals surface area contributed by atoms with Crippen LogP contribution in [0.3, 0.4) is 0 Å². The molecule has 0 radical (unpaired) electrons. The van der Waals surface area contributed by atoms with Crippen LogP contribution in [0.5, 0.6) is 0 Å². The molecule has 0 saturated heterocycles. The molecular formula is C11H18. The van der Waals surface area contributed by atoms with Crippen LogP contribution < -0.4 is 0 Å². The molecule has 0 aliphatic rings. The fourth-order valence-corrected chi connectivity index (χ4v) is 1.00. The monoisotopic (exact) mass is 150 g/mol. The van der Waals surface area contributed by atoms with E-state index in [0.717, 1.165) is 17.6 Å². The first-order chi connectivity index (χ1) is 5.09. The highest BCUT2D eigenvalue weighted by molar-refractivity contribution is 5.41. The van der Waals surface area contributed by atoms with Crippen molar-refractivity contribution in [1.82, 2.24) is 0 Å². The van der Waals surface area contributed by atoms with Gasteiger partial charge in [-0.3, -0.25) is 0 Å². The zero-order valence-corrected chi connectivity index (χ0v) is 7.91. The number of rotatable bonds is 4. The Hall–Kier alpha value is -0.780. The number of unbranched alkanes of at least 4 members (excludes halogenated alkanes) is 1. The average molecular weight is 150 g/mol. The minimum atomic E-state index is 1.12. The van der Waals surface area contributed by atoms with Crippen LogP contribution in [-0.4, -0.2) is 0 Å². The molecule has 0 unspecified atom stereocenters. The maximum Gasteiger partial charge on any atom is -0.0250 e. The summed E-state index contributed by atoms with van der Waals surface area (Å²) in [6, 6.07) is 0. The molecule has 0 aromatic rings. The third kappa shape index (κ3) is 3.82. The van der Waals surface area contributed by atoms with Crippen LogP contribution in [0.2, 0.25) is 0 Å². The van der Waals surface area contributed by atoms with Crippen molar-refractivity contribution < 1.29 is 0 Å². The smallest absolute Gasteiger partial charge is 0.0250 e. The van der Waals surface area contributed by atoms with E-state index in [9.17, 15) is 0 Å². The molecule has 11 heavy (non-hydrogen) atoms. The van der Waals surface area contributed by atoms with Gasteiger partial charge in [-0.05, 0) is 25.8 Å². The first-order valence-corrected chi connectivity index (χ1v) is 4.11. The molecule has 0 saturated carbocycles. The molecule has 0 bridgehead atoms. The van der Waals surface area contributed by atoms with Gasteiger partial charge in [-0.25, -0.2) is 0 Å². The number of hydrogen-bond donors (Lipinski definition) is 0. The Morgan fingerprint density at radius 2 is 1.64 bits per heavy atom. The summed E-state index contributed by atoms with van der Waals surface area (Å²) >= 11 is 0. The van der Waals surface area contributed by atoms with Crippen molar-refractivity contribution in [2.24, 2.45) is 0 Å². The van der Waals surface area contributed by atoms with Gasteiger partial charge in [0.2, 0.25) is 0 Å². The largest absolute Gasteiger partial charge is 0.0955 e. The summed E-state index contributed by atoms with van der Waals surface area (Å²) in [5.74, 6) is 0. The van der Waals surface area contributed by atoms with Crippen molar-refractivity contribution in [1.29, 1.82) is 0 Å². The molecule has 0 aromatic carbocycles. The van der Waals surface area contributed by atoms with Crippen LogP contribution in [0.15, 0.2) is 36.0 Å². The lowest BCUT2D eigenvalue weighted by molar-refractivity contribution is 0.951. The van der Waals surface area contributed by atoms with Crippen molar-refractivity contribution >= 4 is 0 Å². The summed E-state index contributed by atoms with van der Waals surface area (Å²) < 4.78 is 0. The van der Waals surface area contributed by atoms with Crippen LogP contribution in [-0.2, 0) is 0 Å². The van der Waals surface area contributed by atoms with Gasteiger partial charge in [-0.2, -0.15) is 0 Å². The summed E-state index contributed by atoms with van der Waals surface area (Å²) in [5.41, 5.74) is 3.46. The predicted octanol–water partition coefficient (Wildman–Crippen LogP) is 3.87. The van der Waals surface area contributed by atoms with Crippen molar-refractivity contribution in [2.75, 3.05) is 0 Å². The van der Waals surface area contributed by atoms with Crippen LogP contribution in [0.4, 0.5) is 0 Å². The van der Waals surface area contributed by atoms with Crippen LogP contribution >= 0.6 is 0 Å². The van der Waals surface area contributed by atoms with Crippen molar-refractivity contribution in [3.05, 3.63) is 36.0 Å². The highest BCUT2D eigenvalue weighted by atomic mass is 14.0. The van der Waals surface area contributed by atoms with E-state index in [4.69, 9.17) is 0 Å². The van der Waals surface area contributed by atoms with Gasteiger partial charge in [-0.15, -0.1) is 0 Å². The standard InChI is InChI=1S/C11H18/c1-6-7-8-11(9(2)3)10(4)5/h8H,2,4,6-7H2,1,3,5H3. The molecule has 0 aliphatic heterocycles. The maximum atomic E-state index is 3.90. The molecule has 0 aliphatic carbocycles. The second kappa shape index (κ2) is 4.95. The molecule has 0 nitrogen and oxygen atoms in total. The zero-order valence-electron chi connectivity index (χ0n) is 7.91. The quantitative estimate of drug-likeness (QED) is 0.534. The lowest BCUT2D eigenvalue weighted by atomic mass is 10.0. The van der Waals surface area contributed by atoms with Crippen molar-refractivity contribution in [3.63, 3.8) is 0 Å². The van der Waals surface area contributed by atoms with Crippen LogP contribution in [0, 0.1) is 0 Å². The zero-order chi connectivity index (χ0) is 8.85. The molecule has 0 N–H and O–H groups in total. The topological polar surface area (TPSA) is 0 Å². The first-order valence-electron chi connectivity index (χ1n) is 4.11. The molecule has 0 aromatic heterocycles. The lowest BCUT2D eigenvalue weighted by Crippen LogP contribution is -1.85. The Morgan fingerprint density at radius 1 is 1.18 bits per heavy atom. The minimum Gasteiger partial charge on any atom is -0.0955 e.